The van der Waals surface area contributed by atoms with Gasteiger partial charge in [-0.2, -0.15) is 0 Å². The predicted molar refractivity (Wildman–Crippen MR) is 119 cm³/mol. The molecule has 0 radical (unpaired) electrons. The van der Waals surface area contributed by atoms with E-state index in [2.05, 4.69) is 64.0 Å². The third kappa shape index (κ3) is 6.60. The van der Waals surface area contributed by atoms with Crippen molar-refractivity contribution in [1.82, 2.24) is 20.5 Å². The molecular formula is C22H33N5S. The molecule has 0 amide bonds. The largest absolute Gasteiger partial charge is 0.357 e. The first-order valence-electron chi connectivity index (χ1n) is 10.5. The van der Waals surface area contributed by atoms with E-state index in [4.69, 9.17) is 4.99 Å². The van der Waals surface area contributed by atoms with Gasteiger partial charge in [0.05, 0.1) is 17.2 Å². The van der Waals surface area contributed by atoms with E-state index < -0.39 is 0 Å². The minimum atomic E-state index is 0.690. The maximum absolute atomic E-state index is 4.74. The molecule has 0 atom stereocenters. The highest BCUT2D eigenvalue weighted by Gasteiger charge is 2.11. The SMILES string of the molecule is CCNC(=NCc1ccc(CN2CCCC2)cc1)NCCc1csc(CC)n1. The smallest absolute Gasteiger partial charge is 0.191 e. The van der Waals surface area contributed by atoms with Gasteiger partial charge in [-0.05, 0) is 50.4 Å². The summed E-state index contributed by atoms with van der Waals surface area (Å²) in [5.74, 6) is 0.870. The number of rotatable bonds is 9. The second kappa shape index (κ2) is 11.2. The zero-order chi connectivity index (χ0) is 19.6. The van der Waals surface area contributed by atoms with Crippen LogP contribution in [0.2, 0.25) is 0 Å². The molecule has 1 aromatic carbocycles. The number of thiazole rings is 1. The number of guanidine groups is 1. The molecule has 0 unspecified atom stereocenters. The minimum absolute atomic E-state index is 0.690. The third-order valence-electron chi connectivity index (χ3n) is 4.97. The highest BCUT2D eigenvalue weighted by molar-refractivity contribution is 7.09. The molecule has 1 saturated heterocycles. The standard InChI is InChI=1S/C22H33N5S/c1-3-21-26-20(17-28-21)11-12-24-22(23-4-2)25-15-18-7-9-19(10-8-18)16-27-13-5-6-14-27/h7-10,17H,3-6,11-16H2,1-2H3,(H2,23,24,25). The first-order chi connectivity index (χ1) is 13.8. The molecule has 2 N–H and O–H groups in total. The molecule has 6 heteroatoms. The van der Waals surface area contributed by atoms with Gasteiger partial charge in [0.2, 0.25) is 0 Å². The molecule has 28 heavy (non-hydrogen) atoms. The Labute approximate surface area is 173 Å². The topological polar surface area (TPSA) is 52.6 Å². The average Bonchev–Trinajstić information content (AvgIpc) is 3.39. The maximum atomic E-state index is 4.74. The Hall–Kier alpha value is -1.92. The molecule has 1 aliphatic heterocycles. The summed E-state index contributed by atoms with van der Waals surface area (Å²) in [4.78, 5) is 11.9. The zero-order valence-electron chi connectivity index (χ0n) is 17.2. The Balaban J connectivity index is 1.47. The quantitative estimate of drug-likeness (QED) is 0.500. The molecule has 2 heterocycles. The number of aromatic nitrogens is 1. The van der Waals surface area contributed by atoms with Gasteiger partial charge in [0.15, 0.2) is 5.96 Å². The van der Waals surface area contributed by atoms with Crippen LogP contribution >= 0.6 is 11.3 Å². The molecule has 1 fully saturated rings. The number of aliphatic imine (C=N–C) groups is 1. The molecule has 0 aliphatic carbocycles. The van der Waals surface area contributed by atoms with Gasteiger partial charge in [0.25, 0.3) is 0 Å². The Morgan fingerprint density at radius 2 is 1.86 bits per heavy atom. The van der Waals surface area contributed by atoms with Crippen LogP contribution in [-0.2, 0) is 25.9 Å². The van der Waals surface area contributed by atoms with Gasteiger partial charge in [0, 0.05) is 31.4 Å². The van der Waals surface area contributed by atoms with E-state index in [1.807, 2.05) is 0 Å². The van der Waals surface area contributed by atoms with Crippen LogP contribution in [0.15, 0.2) is 34.6 Å². The van der Waals surface area contributed by atoms with Crippen LogP contribution in [0.4, 0.5) is 0 Å². The lowest BCUT2D eigenvalue weighted by atomic mass is 10.1. The van der Waals surface area contributed by atoms with Crippen molar-refractivity contribution in [1.29, 1.82) is 0 Å². The van der Waals surface area contributed by atoms with E-state index in [1.165, 1.54) is 47.8 Å². The van der Waals surface area contributed by atoms with Crippen molar-refractivity contribution in [2.24, 2.45) is 4.99 Å². The maximum Gasteiger partial charge on any atom is 0.191 e. The summed E-state index contributed by atoms with van der Waals surface area (Å²) < 4.78 is 0. The Bertz CT molecular complexity index is 732. The van der Waals surface area contributed by atoms with Crippen molar-refractivity contribution in [2.45, 2.75) is 52.6 Å². The van der Waals surface area contributed by atoms with Gasteiger partial charge >= 0.3 is 0 Å². The number of nitrogens with one attached hydrogen (secondary N) is 2. The zero-order valence-corrected chi connectivity index (χ0v) is 18.0. The first kappa shape index (κ1) is 20.8. The Morgan fingerprint density at radius 1 is 1.11 bits per heavy atom. The van der Waals surface area contributed by atoms with Crippen LogP contribution in [-0.4, -0.2) is 42.0 Å². The molecule has 2 aromatic rings. The van der Waals surface area contributed by atoms with Gasteiger partial charge in [-0.15, -0.1) is 11.3 Å². The molecule has 0 spiro atoms. The van der Waals surface area contributed by atoms with E-state index >= 15 is 0 Å². The van der Waals surface area contributed by atoms with Crippen LogP contribution in [0, 0.1) is 0 Å². The summed E-state index contributed by atoms with van der Waals surface area (Å²) in [7, 11) is 0. The summed E-state index contributed by atoms with van der Waals surface area (Å²) in [5.41, 5.74) is 3.81. The fourth-order valence-electron chi connectivity index (χ4n) is 3.40. The molecule has 3 rings (SSSR count). The summed E-state index contributed by atoms with van der Waals surface area (Å²) >= 11 is 1.75. The van der Waals surface area contributed by atoms with E-state index in [-0.39, 0.29) is 0 Å². The highest BCUT2D eigenvalue weighted by atomic mass is 32.1. The number of hydrogen-bond acceptors (Lipinski definition) is 4. The highest BCUT2D eigenvalue weighted by Crippen LogP contribution is 2.14. The van der Waals surface area contributed by atoms with Crippen LogP contribution in [0.1, 0.15) is 48.5 Å². The molecule has 152 valence electrons. The molecular weight excluding hydrogens is 366 g/mol. The molecule has 0 bridgehead atoms. The van der Waals surface area contributed by atoms with Crippen LogP contribution < -0.4 is 10.6 Å². The van der Waals surface area contributed by atoms with E-state index in [0.29, 0.717) is 6.54 Å². The number of nitrogens with zero attached hydrogens (tertiary/aromatic N) is 3. The lowest BCUT2D eigenvalue weighted by Gasteiger charge is -2.14. The van der Waals surface area contributed by atoms with Crippen molar-refractivity contribution in [3.05, 3.63) is 51.5 Å². The van der Waals surface area contributed by atoms with Gasteiger partial charge in [-0.25, -0.2) is 9.98 Å². The molecule has 5 nitrogen and oxygen atoms in total. The van der Waals surface area contributed by atoms with Gasteiger partial charge in [0.1, 0.15) is 0 Å². The summed E-state index contributed by atoms with van der Waals surface area (Å²) in [5, 5.41) is 10.1. The minimum Gasteiger partial charge on any atom is -0.357 e. The van der Waals surface area contributed by atoms with Gasteiger partial charge in [-0.3, -0.25) is 4.90 Å². The van der Waals surface area contributed by atoms with Crippen molar-refractivity contribution < 1.29 is 0 Å². The van der Waals surface area contributed by atoms with Crippen LogP contribution in [0.5, 0.6) is 0 Å². The lowest BCUT2D eigenvalue weighted by Crippen LogP contribution is -2.38. The van der Waals surface area contributed by atoms with Gasteiger partial charge in [-0.1, -0.05) is 31.2 Å². The van der Waals surface area contributed by atoms with E-state index in [1.54, 1.807) is 11.3 Å². The number of hydrogen-bond donors (Lipinski definition) is 2. The van der Waals surface area contributed by atoms with Crippen molar-refractivity contribution >= 4 is 17.3 Å². The van der Waals surface area contributed by atoms with Crippen LogP contribution in [0.25, 0.3) is 0 Å². The average molecular weight is 400 g/mol. The van der Waals surface area contributed by atoms with Crippen LogP contribution in [0.3, 0.4) is 0 Å². The van der Waals surface area contributed by atoms with E-state index in [9.17, 15) is 0 Å². The Kier molecular flexibility index (Phi) is 8.30. The van der Waals surface area contributed by atoms with Crippen molar-refractivity contribution in [3.8, 4) is 0 Å². The van der Waals surface area contributed by atoms with Crippen molar-refractivity contribution in [2.75, 3.05) is 26.2 Å². The fourth-order valence-corrected chi connectivity index (χ4v) is 4.18. The summed E-state index contributed by atoms with van der Waals surface area (Å²) in [6, 6.07) is 8.91. The second-order valence-electron chi connectivity index (χ2n) is 7.26. The second-order valence-corrected chi connectivity index (χ2v) is 8.20. The molecule has 1 aliphatic rings. The first-order valence-corrected chi connectivity index (χ1v) is 11.4. The number of aryl methyl sites for hydroxylation is 1. The Morgan fingerprint density at radius 3 is 2.54 bits per heavy atom. The predicted octanol–water partition coefficient (Wildman–Crippen LogP) is 3.60. The molecule has 0 saturated carbocycles. The summed E-state index contributed by atoms with van der Waals surface area (Å²) in [6.45, 7) is 10.2. The lowest BCUT2D eigenvalue weighted by molar-refractivity contribution is 0.331. The normalized spacial score (nSPS) is 15.1. The third-order valence-corrected chi connectivity index (χ3v) is 6.01. The van der Waals surface area contributed by atoms with E-state index in [0.717, 1.165) is 38.4 Å². The monoisotopic (exact) mass is 399 g/mol. The molecule has 1 aromatic heterocycles. The summed E-state index contributed by atoms with van der Waals surface area (Å²) in [6.07, 6.45) is 4.62. The number of benzene rings is 1. The number of likely N-dealkylation sites (tertiary alicyclic amines) is 1. The van der Waals surface area contributed by atoms with Gasteiger partial charge < -0.3 is 10.6 Å². The van der Waals surface area contributed by atoms with Crippen molar-refractivity contribution in [3.63, 3.8) is 0 Å². The fraction of sp³-hybridized carbons (Fsp3) is 0.545.